The van der Waals surface area contributed by atoms with Crippen molar-refractivity contribution < 1.29 is 13.9 Å². The van der Waals surface area contributed by atoms with Gasteiger partial charge >= 0.3 is 6.09 Å². The van der Waals surface area contributed by atoms with Gasteiger partial charge in [-0.15, -0.1) is 0 Å². The molecule has 0 saturated carbocycles. The van der Waals surface area contributed by atoms with Crippen LogP contribution in [0.3, 0.4) is 0 Å². The molecule has 2 aliphatic heterocycles. The van der Waals surface area contributed by atoms with E-state index in [2.05, 4.69) is 84.7 Å². The van der Waals surface area contributed by atoms with Gasteiger partial charge in [0.2, 0.25) is 0 Å². The first-order valence-corrected chi connectivity index (χ1v) is 12.0. The molecule has 0 saturated heterocycles. The van der Waals surface area contributed by atoms with Crippen LogP contribution in [0.2, 0.25) is 0 Å². The van der Waals surface area contributed by atoms with Crippen LogP contribution in [0, 0.1) is 0 Å². The topological polar surface area (TPSA) is 41.6 Å². The van der Waals surface area contributed by atoms with Crippen LogP contribution in [-0.2, 0) is 15.6 Å². The quantitative estimate of drug-likeness (QED) is 0.479. The number of benzene rings is 3. The van der Waals surface area contributed by atoms with Crippen molar-refractivity contribution in [3.05, 3.63) is 95.1 Å². The molecule has 0 fully saturated rings. The number of rotatable bonds is 5. The smallest absolute Gasteiger partial charge is 0.411 e. The molecule has 2 heterocycles. The van der Waals surface area contributed by atoms with Crippen LogP contribution in [0.15, 0.2) is 72.8 Å². The normalized spacial score (nSPS) is 23.2. The van der Waals surface area contributed by atoms with Crippen molar-refractivity contribution in [2.24, 2.45) is 0 Å². The summed E-state index contributed by atoms with van der Waals surface area (Å²) in [4.78, 5) is 14.9. The Morgan fingerprint density at radius 1 is 0.912 bits per heavy atom. The Labute approximate surface area is 200 Å². The van der Waals surface area contributed by atoms with E-state index in [0.29, 0.717) is 5.69 Å². The highest BCUT2D eigenvalue weighted by atomic mass is 19.1. The van der Waals surface area contributed by atoms with Crippen LogP contribution >= 0.6 is 0 Å². The molecule has 3 aromatic rings. The fourth-order valence-corrected chi connectivity index (χ4v) is 5.71. The second-order valence-corrected chi connectivity index (χ2v) is 9.75. The minimum atomic E-state index is -0.698. The van der Waals surface area contributed by atoms with E-state index in [0.717, 1.165) is 25.9 Å². The Morgan fingerprint density at radius 2 is 1.41 bits per heavy atom. The summed E-state index contributed by atoms with van der Waals surface area (Å²) in [5, 5.41) is 2.87. The first-order valence-electron chi connectivity index (χ1n) is 12.0. The predicted octanol–water partition coefficient (Wildman–Crippen LogP) is 6.43. The molecule has 176 valence electrons. The van der Waals surface area contributed by atoms with E-state index in [1.165, 1.54) is 27.9 Å². The maximum absolute atomic E-state index is 12.6. The number of ether oxygens (including phenoxy) is 1. The van der Waals surface area contributed by atoms with Gasteiger partial charge in [0.05, 0.1) is 0 Å². The first kappa shape index (κ1) is 22.5. The first-order chi connectivity index (χ1) is 16.5. The van der Waals surface area contributed by atoms with E-state index in [1.54, 1.807) is 0 Å². The van der Waals surface area contributed by atoms with Crippen molar-refractivity contribution in [3.63, 3.8) is 0 Å². The van der Waals surface area contributed by atoms with Gasteiger partial charge in [-0.25, -0.2) is 9.18 Å². The second-order valence-electron chi connectivity index (χ2n) is 9.75. The Kier molecular flexibility index (Phi) is 5.80. The average molecular weight is 459 g/mol. The standard InChI is InChI=1S/C29H31FN2O2/c1-28(21-9-5-3-6-10-21)13-16-32-17-14-29(2,22-11-7-4-8-12-22)25-20-23(19-24(28)26(25)32)31-27(33)34-18-15-30/h3-12,19-20H,13-18H2,1-2H3,(H,31,33)/t28-,29-/m0/s1. The number of anilines is 2. The number of carbonyl (C=O) groups is 1. The molecular weight excluding hydrogens is 427 g/mol. The van der Waals surface area contributed by atoms with Crippen LogP contribution in [-0.4, -0.2) is 32.5 Å². The largest absolute Gasteiger partial charge is 0.447 e. The Balaban J connectivity index is 1.71. The highest BCUT2D eigenvalue weighted by Crippen LogP contribution is 2.54. The molecule has 0 unspecified atom stereocenters. The van der Waals surface area contributed by atoms with Crippen molar-refractivity contribution >= 4 is 17.5 Å². The van der Waals surface area contributed by atoms with Crippen molar-refractivity contribution in [2.45, 2.75) is 37.5 Å². The summed E-state index contributed by atoms with van der Waals surface area (Å²) in [5.41, 5.74) is 6.52. The minimum absolute atomic E-state index is 0.197. The maximum Gasteiger partial charge on any atom is 0.411 e. The molecule has 3 aromatic carbocycles. The molecule has 1 amide bonds. The molecule has 2 atom stereocenters. The fraction of sp³-hybridized carbons (Fsp3) is 0.345. The van der Waals surface area contributed by atoms with E-state index in [1.807, 2.05) is 12.1 Å². The third-order valence-corrected chi connectivity index (χ3v) is 7.76. The number of carbonyl (C=O) groups excluding carboxylic acids is 1. The van der Waals surface area contributed by atoms with Gasteiger partial charge < -0.3 is 9.64 Å². The van der Waals surface area contributed by atoms with Crippen molar-refractivity contribution in [1.82, 2.24) is 0 Å². The second kappa shape index (κ2) is 8.79. The monoisotopic (exact) mass is 458 g/mol. The summed E-state index contributed by atoms with van der Waals surface area (Å²) in [6.07, 6.45) is 1.35. The molecule has 0 aromatic heterocycles. The van der Waals surface area contributed by atoms with Gasteiger partial charge in [-0.1, -0.05) is 74.5 Å². The highest BCUT2D eigenvalue weighted by Gasteiger charge is 2.45. The predicted molar refractivity (Wildman–Crippen MR) is 135 cm³/mol. The van der Waals surface area contributed by atoms with E-state index in [-0.39, 0.29) is 17.4 Å². The van der Waals surface area contributed by atoms with Gasteiger partial charge in [0.15, 0.2) is 0 Å². The zero-order chi connectivity index (χ0) is 23.8. The van der Waals surface area contributed by atoms with Gasteiger partial charge in [-0.05, 0) is 47.2 Å². The van der Waals surface area contributed by atoms with Gasteiger partial charge in [0, 0.05) is 35.3 Å². The number of alkyl halides is 1. The number of hydrogen-bond acceptors (Lipinski definition) is 3. The molecule has 2 aliphatic rings. The van der Waals surface area contributed by atoms with Crippen LogP contribution in [0.5, 0.6) is 0 Å². The van der Waals surface area contributed by atoms with Crippen molar-refractivity contribution in [2.75, 3.05) is 36.6 Å². The Hall–Kier alpha value is -3.34. The molecule has 0 radical (unpaired) electrons. The summed E-state index contributed by atoms with van der Waals surface area (Å²) in [5.74, 6) is 0. The summed E-state index contributed by atoms with van der Waals surface area (Å²) in [6, 6.07) is 25.4. The van der Waals surface area contributed by atoms with Crippen molar-refractivity contribution in [3.8, 4) is 0 Å². The molecule has 4 nitrogen and oxygen atoms in total. The van der Waals surface area contributed by atoms with E-state index >= 15 is 0 Å². The molecule has 0 aliphatic carbocycles. The lowest BCUT2D eigenvalue weighted by atomic mass is 9.64. The summed E-state index contributed by atoms with van der Waals surface area (Å²) >= 11 is 0. The maximum atomic E-state index is 12.6. The molecule has 5 rings (SSSR count). The van der Waals surface area contributed by atoms with Crippen LogP contribution in [0.1, 0.15) is 48.9 Å². The highest BCUT2D eigenvalue weighted by molar-refractivity contribution is 5.87. The van der Waals surface area contributed by atoms with Crippen LogP contribution in [0.4, 0.5) is 20.6 Å². The van der Waals surface area contributed by atoms with E-state index < -0.39 is 12.8 Å². The molecule has 5 heteroatoms. The summed E-state index contributed by atoms with van der Waals surface area (Å²) < 4.78 is 17.5. The summed E-state index contributed by atoms with van der Waals surface area (Å²) in [6.45, 7) is 5.63. The van der Waals surface area contributed by atoms with Gasteiger partial charge in [-0.3, -0.25) is 5.32 Å². The van der Waals surface area contributed by atoms with E-state index in [9.17, 15) is 9.18 Å². The molecule has 0 bridgehead atoms. The Morgan fingerprint density at radius 3 is 1.88 bits per heavy atom. The fourth-order valence-electron chi connectivity index (χ4n) is 5.71. The van der Waals surface area contributed by atoms with Gasteiger partial charge in [0.1, 0.15) is 13.3 Å². The lowest BCUT2D eigenvalue weighted by Crippen LogP contribution is -2.47. The van der Waals surface area contributed by atoms with Crippen LogP contribution in [0.25, 0.3) is 0 Å². The lowest BCUT2D eigenvalue weighted by molar-refractivity contribution is 0.152. The lowest BCUT2D eigenvalue weighted by Gasteiger charge is -2.50. The third kappa shape index (κ3) is 3.73. The molecule has 34 heavy (non-hydrogen) atoms. The number of nitrogens with one attached hydrogen (secondary N) is 1. The molecule has 1 N–H and O–H groups in total. The number of hydrogen-bond donors (Lipinski definition) is 1. The average Bonchev–Trinajstić information content (AvgIpc) is 2.87. The SMILES string of the molecule is C[C@@]1(c2ccccc2)CCN2CC[C@@](C)(c3ccccc3)c3cc(NC(=O)OCCF)cc1c32. The molecule has 0 spiro atoms. The number of nitrogens with zero attached hydrogens (tertiary/aromatic N) is 1. The Bertz CT molecular complexity index is 1100. The third-order valence-electron chi connectivity index (χ3n) is 7.76. The number of halogens is 1. The number of amides is 1. The van der Waals surface area contributed by atoms with Gasteiger partial charge in [-0.2, -0.15) is 0 Å². The van der Waals surface area contributed by atoms with Gasteiger partial charge in [0.25, 0.3) is 0 Å². The minimum Gasteiger partial charge on any atom is -0.447 e. The zero-order valence-corrected chi connectivity index (χ0v) is 19.8. The van der Waals surface area contributed by atoms with E-state index in [4.69, 9.17) is 4.74 Å². The van der Waals surface area contributed by atoms with Crippen LogP contribution < -0.4 is 10.2 Å². The molecular formula is C29H31FN2O2. The zero-order valence-electron chi connectivity index (χ0n) is 19.8. The summed E-state index contributed by atoms with van der Waals surface area (Å²) in [7, 11) is 0. The van der Waals surface area contributed by atoms with Crippen molar-refractivity contribution in [1.29, 1.82) is 0 Å².